The Morgan fingerprint density at radius 2 is 1.74 bits per heavy atom. The fourth-order valence-electron chi connectivity index (χ4n) is 2.97. The maximum atomic E-state index is 13.4. The van der Waals surface area contributed by atoms with Crippen LogP contribution < -0.4 is 15.7 Å². The van der Waals surface area contributed by atoms with Crippen molar-refractivity contribution in [2.75, 3.05) is 13.2 Å². The summed E-state index contributed by atoms with van der Waals surface area (Å²) in [6.07, 6.45) is 0.533. The van der Waals surface area contributed by atoms with Crippen molar-refractivity contribution in [3.63, 3.8) is 0 Å². The number of aryl methyl sites for hydroxylation is 1. The van der Waals surface area contributed by atoms with Crippen LogP contribution >= 0.6 is 0 Å². The molecule has 0 aliphatic carbocycles. The number of imidazole rings is 1. The third kappa shape index (κ3) is 4.19. The fourth-order valence-corrected chi connectivity index (χ4v) is 2.97. The van der Waals surface area contributed by atoms with Gasteiger partial charge in [0.05, 0.1) is 17.6 Å². The van der Waals surface area contributed by atoms with Gasteiger partial charge in [-0.15, -0.1) is 0 Å². The minimum Gasteiger partial charge on any atom is -0.490 e. The van der Waals surface area contributed by atoms with Gasteiger partial charge in [-0.2, -0.15) is 0 Å². The average Bonchev–Trinajstić information content (AvgIpc) is 2.94. The van der Waals surface area contributed by atoms with Crippen LogP contribution in [0.5, 0.6) is 5.75 Å². The maximum Gasteiger partial charge on any atom is 0.329 e. The highest BCUT2D eigenvalue weighted by atomic mass is 19.1. The zero-order valence-electron chi connectivity index (χ0n) is 15.2. The molecule has 0 saturated carbocycles. The molecule has 3 aromatic rings. The molecular formula is C20H22FN3O3. The second-order valence-electron chi connectivity index (χ2n) is 6.08. The molecule has 1 N–H and O–H groups in total. The van der Waals surface area contributed by atoms with Crippen molar-refractivity contribution < 1.29 is 13.9 Å². The quantitative estimate of drug-likeness (QED) is 0.619. The van der Waals surface area contributed by atoms with Crippen molar-refractivity contribution in [3.8, 4) is 5.75 Å². The van der Waals surface area contributed by atoms with E-state index < -0.39 is 5.82 Å². The van der Waals surface area contributed by atoms with Crippen molar-refractivity contribution in [3.05, 3.63) is 64.8 Å². The van der Waals surface area contributed by atoms with Crippen LogP contribution in [0.3, 0.4) is 0 Å². The van der Waals surface area contributed by atoms with Crippen LogP contribution in [0.4, 0.5) is 4.39 Å². The van der Waals surface area contributed by atoms with E-state index in [1.807, 2.05) is 31.2 Å². The topological polar surface area (TPSA) is 65.3 Å². The van der Waals surface area contributed by atoms with Crippen molar-refractivity contribution in [2.24, 2.45) is 0 Å². The molecule has 0 aliphatic rings. The number of halogens is 1. The molecule has 27 heavy (non-hydrogen) atoms. The third-order valence-corrected chi connectivity index (χ3v) is 4.28. The average molecular weight is 371 g/mol. The number of hydrogen-bond donors (Lipinski definition) is 1. The monoisotopic (exact) mass is 371 g/mol. The van der Waals surface area contributed by atoms with E-state index in [2.05, 4.69) is 5.32 Å². The highest BCUT2D eigenvalue weighted by molar-refractivity contribution is 5.80. The standard InChI is InChI=1S/C20H22FN3O3/c1-2-23-16-9-4-5-10-17(16)24(20(23)26)14-19(25)22-12-7-13-27-18-11-6-3-8-15(18)21/h3-6,8-11H,2,7,12-14H2,1H3,(H,22,25). The summed E-state index contributed by atoms with van der Waals surface area (Å²) < 4.78 is 21.9. The molecule has 0 spiro atoms. The first-order valence-electron chi connectivity index (χ1n) is 8.94. The van der Waals surface area contributed by atoms with Crippen LogP contribution in [0.25, 0.3) is 11.0 Å². The molecule has 142 valence electrons. The number of nitrogens with one attached hydrogen (secondary N) is 1. The Morgan fingerprint density at radius 3 is 2.44 bits per heavy atom. The molecular weight excluding hydrogens is 349 g/mol. The molecule has 2 aromatic carbocycles. The Morgan fingerprint density at radius 1 is 1.07 bits per heavy atom. The Hall–Kier alpha value is -3.09. The lowest BCUT2D eigenvalue weighted by atomic mass is 10.3. The molecule has 7 heteroatoms. The van der Waals surface area contributed by atoms with Gasteiger partial charge in [-0.25, -0.2) is 9.18 Å². The zero-order chi connectivity index (χ0) is 19.2. The Kier molecular flexibility index (Phi) is 5.90. The number of amides is 1. The van der Waals surface area contributed by atoms with E-state index in [1.54, 1.807) is 22.8 Å². The lowest BCUT2D eigenvalue weighted by molar-refractivity contribution is -0.121. The van der Waals surface area contributed by atoms with E-state index >= 15 is 0 Å². The summed E-state index contributed by atoms with van der Waals surface area (Å²) in [5, 5.41) is 2.77. The van der Waals surface area contributed by atoms with Crippen molar-refractivity contribution >= 4 is 16.9 Å². The van der Waals surface area contributed by atoms with Gasteiger partial charge in [-0.3, -0.25) is 13.9 Å². The summed E-state index contributed by atoms with van der Waals surface area (Å²) in [6, 6.07) is 13.6. The highest BCUT2D eigenvalue weighted by Crippen LogP contribution is 2.15. The number of nitrogens with zero attached hydrogens (tertiary/aromatic N) is 2. The van der Waals surface area contributed by atoms with E-state index in [9.17, 15) is 14.0 Å². The normalized spacial score (nSPS) is 10.9. The SMILES string of the molecule is CCn1c(=O)n(CC(=O)NCCCOc2ccccc2F)c2ccccc21. The van der Waals surface area contributed by atoms with E-state index in [0.29, 0.717) is 19.5 Å². The zero-order valence-corrected chi connectivity index (χ0v) is 15.2. The summed E-state index contributed by atoms with van der Waals surface area (Å²) in [7, 11) is 0. The predicted octanol–water partition coefficient (Wildman–Crippen LogP) is 2.55. The summed E-state index contributed by atoms with van der Waals surface area (Å²) in [5.41, 5.74) is 1.36. The lowest BCUT2D eigenvalue weighted by Gasteiger charge is -2.08. The third-order valence-electron chi connectivity index (χ3n) is 4.28. The molecule has 0 unspecified atom stereocenters. The van der Waals surface area contributed by atoms with Crippen molar-refractivity contribution in [1.82, 2.24) is 14.5 Å². The number of benzene rings is 2. The summed E-state index contributed by atoms with van der Waals surface area (Å²) in [6.45, 7) is 3.07. The number of fused-ring (bicyclic) bond motifs is 1. The van der Waals surface area contributed by atoms with Crippen molar-refractivity contribution in [1.29, 1.82) is 0 Å². The fraction of sp³-hybridized carbons (Fsp3) is 0.300. The minimum absolute atomic E-state index is 0.0412. The first-order valence-corrected chi connectivity index (χ1v) is 8.94. The molecule has 1 heterocycles. The minimum atomic E-state index is -0.409. The van der Waals surface area contributed by atoms with Crippen LogP contribution in [-0.4, -0.2) is 28.2 Å². The Balaban J connectivity index is 1.53. The van der Waals surface area contributed by atoms with Gasteiger partial charge in [0, 0.05) is 13.1 Å². The summed E-state index contributed by atoms with van der Waals surface area (Å²) in [4.78, 5) is 24.7. The van der Waals surface area contributed by atoms with Crippen LogP contribution in [-0.2, 0) is 17.9 Å². The largest absolute Gasteiger partial charge is 0.490 e. The lowest BCUT2D eigenvalue weighted by Crippen LogP contribution is -2.33. The van der Waals surface area contributed by atoms with Gasteiger partial charge in [0.2, 0.25) is 5.91 Å². The number of aromatic nitrogens is 2. The number of rotatable bonds is 8. The number of hydrogen-bond acceptors (Lipinski definition) is 3. The van der Waals surface area contributed by atoms with E-state index in [-0.39, 0.29) is 30.5 Å². The highest BCUT2D eigenvalue weighted by Gasteiger charge is 2.14. The van der Waals surface area contributed by atoms with Crippen molar-refractivity contribution in [2.45, 2.75) is 26.4 Å². The molecule has 6 nitrogen and oxygen atoms in total. The number of para-hydroxylation sites is 3. The second-order valence-corrected chi connectivity index (χ2v) is 6.08. The smallest absolute Gasteiger partial charge is 0.329 e. The van der Waals surface area contributed by atoms with Gasteiger partial charge in [-0.1, -0.05) is 24.3 Å². The van der Waals surface area contributed by atoms with Gasteiger partial charge in [-0.05, 0) is 37.6 Å². The Labute approximate surface area is 156 Å². The molecule has 0 atom stereocenters. The predicted molar refractivity (Wildman–Crippen MR) is 101 cm³/mol. The van der Waals surface area contributed by atoms with Crippen LogP contribution in [0.1, 0.15) is 13.3 Å². The first-order chi connectivity index (χ1) is 13.1. The van der Waals surface area contributed by atoms with Gasteiger partial charge in [0.25, 0.3) is 0 Å². The number of ether oxygens (including phenoxy) is 1. The second kappa shape index (κ2) is 8.53. The molecule has 0 saturated heterocycles. The maximum absolute atomic E-state index is 13.4. The van der Waals surface area contributed by atoms with E-state index in [1.165, 1.54) is 10.6 Å². The van der Waals surface area contributed by atoms with Gasteiger partial charge in [0.15, 0.2) is 11.6 Å². The van der Waals surface area contributed by atoms with E-state index in [0.717, 1.165) is 11.0 Å². The van der Waals surface area contributed by atoms with Crippen LogP contribution in [0.2, 0.25) is 0 Å². The molecule has 0 radical (unpaired) electrons. The van der Waals surface area contributed by atoms with Crippen LogP contribution in [0.15, 0.2) is 53.3 Å². The molecule has 0 bridgehead atoms. The van der Waals surface area contributed by atoms with E-state index in [4.69, 9.17) is 4.74 Å². The molecule has 1 amide bonds. The molecule has 0 aliphatic heterocycles. The molecule has 3 rings (SSSR count). The summed E-state index contributed by atoms with van der Waals surface area (Å²) in [5.74, 6) is -0.460. The van der Waals surface area contributed by atoms with Gasteiger partial charge in [0.1, 0.15) is 6.54 Å². The number of carbonyl (C=O) groups is 1. The van der Waals surface area contributed by atoms with Crippen LogP contribution in [0, 0.1) is 5.82 Å². The summed E-state index contributed by atoms with van der Waals surface area (Å²) >= 11 is 0. The first kappa shape index (κ1) is 18.7. The van der Waals surface area contributed by atoms with Gasteiger partial charge >= 0.3 is 5.69 Å². The Bertz CT molecular complexity index is 994. The number of carbonyl (C=O) groups excluding carboxylic acids is 1. The van der Waals surface area contributed by atoms with Gasteiger partial charge < -0.3 is 10.1 Å². The molecule has 0 fully saturated rings. The molecule has 1 aromatic heterocycles.